The van der Waals surface area contributed by atoms with E-state index in [-0.39, 0.29) is 6.54 Å². The first-order valence-corrected chi connectivity index (χ1v) is 7.35. The number of rotatable bonds is 4. The van der Waals surface area contributed by atoms with Crippen LogP contribution in [0, 0.1) is 5.41 Å². The zero-order valence-corrected chi connectivity index (χ0v) is 10.6. The number of aliphatic carboxylic acids is 1. The van der Waals surface area contributed by atoms with Crippen molar-refractivity contribution in [3.8, 4) is 0 Å². The van der Waals surface area contributed by atoms with Crippen molar-refractivity contribution in [2.75, 3.05) is 19.3 Å². The highest BCUT2D eigenvalue weighted by atomic mass is 32.2. The number of hydrogen-bond acceptors (Lipinski definition) is 3. The summed E-state index contributed by atoms with van der Waals surface area (Å²) in [5.74, 6) is -0.872. The number of hydrogen-bond donors (Lipinski definition) is 1. The third kappa shape index (κ3) is 2.74. The van der Waals surface area contributed by atoms with E-state index in [1.54, 1.807) is 0 Å². The Bertz CT molecular complexity index is 361. The summed E-state index contributed by atoms with van der Waals surface area (Å²) in [7, 11) is -3.28. The second kappa shape index (κ2) is 4.71. The Morgan fingerprint density at radius 2 is 2.12 bits per heavy atom. The van der Waals surface area contributed by atoms with Crippen LogP contribution >= 0.6 is 0 Å². The van der Waals surface area contributed by atoms with Gasteiger partial charge in [0.15, 0.2) is 0 Å². The highest BCUT2D eigenvalue weighted by Gasteiger charge is 2.43. The van der Waals surface area contributed by atoms with E-state index in [4.69, 9.17) is 0 Å². The minimum Gasteiger partial charge on any atom is -0.481 e. The van der Waals surface area contributed by atoms with Gasteiger partial charge in [-0.1, -0.05) is 13.3 Å². The van der Waals surface area contributed by atoms with E-state index in [9.17, 15) is 18.3 Å². The molecular weight excluding hydrogens is 230 g/mol. The Balaban J connectivity index is 2.92. The van der Waals surface area contributed by atoms with E-state index < -0.39 is 21.4 Å². The quantitative estimate of drug-likeness (QED) is 0.803. The largest absolute Gasteiger partial charge is 0.481 e. The first-order valence-electron chi connectivity index (χ1n) is 5.50. The number of sulfonamides is 1. The molecular formula is C10H19NO4S. The third-order valence-corrected chi connectivity index (χ3v) is 4.44. The van der Waals surface area contributed by atoms with Gasteiger partial charge in [-0.15, -0.1) is 0 Å². The molecule has 6 heteroatoms. The lowest BCUT2D eigenvalue weighted by Gasteiger charge is -2.38. The molecule has 0 aromatic heterocycles. The van der Waals surface area contributed by atoms with Crippen LogP contribution in [0.15, 0.2) is 0 Å². The van der Waals surface area contributed by atoms with Crippen molar-refractivity contribution in [3.63, 3.8) is 0 Å². The lowest BCUT2D eigenvalue weighted by molar-refractivity contribution is -0.151. The molecule has 1 heterocycles. The summed E-state index contributed by atoms with van der Waals surface area (Å²) in [6, 6.07) is 0. The van der Waals surface area contributed by atoms with Gasteiger partial charge in [0.2, 0.25) is 10.0 Å². The summed E-state index contributed by atoms with van der Waals surface area (Å²) in [6.07, 6.45) is 3.62. The lowest BCUT2D eigenvalue weighted by Crippen LogP contribution is -2.49. The highest BCUT2D eigenvalue weighted by Crippen LogP contribution is 2.35. The highest BCUT2D eigenvalue weighted by molar-refractivity contribution is 7.88. The van der Waals surface area contributed by atoms with E-state index in [1.165, 1.54) is 4.31 Å². The van der Waals surface area contributed by atoms with Gasteiger partial charge in [0.05, 0.1) is 11.7 Å². The number of nitrogens with zero attached hydrogens (tertiary/aromatic N) is 1. The van der Waals surface area contributed by atoms with Crippen molar-refractivity contribution < 1.29 is 18.3 Å². The van der Waals surface area contributed by atoms with Crippen LogP contribution in [-0.4, -0.2) is 43.1 Å². The van der Waals surface area contributed by atoms with Gasteiger partial charge in [-0.05, 0) is 19.3 Å². The van der Waals surface area contributed by atoms with Crippen LogP contribution in [-0.2, 0) is 14.8 Å². The third-order valence-electron chi connectivity index (χ3n) is 3.19. The topological polar surface area (TPSA) is 74.7 Å². The van der Waals surface area contributed by atoms with Crippen LogP contribution in [0.2, 0.25) is 0 Å². The number of carboxylic acid groups (broad SMARTS) is 1. The second-order valence-electron chi connectivity index (χ2n) is 4.54. The molecule has 1 N–H and O–H groups in total. The molecule has 1 atom stereocenters. The Hall–Kier alpha value is -0.620. The van der Waals surface area contributed by atoms with E-state index in [0.29, 0.717) is 25.8 Å². The van der Waals surface area contributed by atoms with E-state index >= 15 is 0 Å². The molecule has 1 rings (SSSR count). The first-order chi connectivity index (χ1) is 7.32. The fourth-order valence-corrected chi connectivity index (χ4v) is 3.28. The summed E-state index contributed by atoms with van der Waals surface area (Å²) in [6.45, 7) is 2.48. The van der Waals surface area contributed by atoms with Crippen LogP contribution in [0.5, 0.6) is 0 Å². The zero-order chi connectivity index (χ0) is 12.4. The standard InChI is InChI=1S/C10H19NO4S/c1-3-5-10(9(12)13)6-4-7-11(8-10)16(2,14)15/h3-8H2,1-2H3,(H,12,13). The predicted octanol–water partition coefficient (Wildman–Crippen LogP) is 0.913. The molecule has 1 unspecified atom stereocenters. The summed E-state index contributed by atoms with van der Waals surface area (Å²) in [5.41, 5.74) is -0.879. The Labute approximate surface area is 96.5 Å². The molecule has 16 heavy (non-hydrogen) atoms. The van der Waals surface area contributed by atoms with Crippen molar-refractivity contribution in [1.29, 1.82) is 0 Å². The minimum atomic E-state index is -3.28. The Kier molecular flexibility index (Phi) is 3.96. The Morgan fingerprint density at radius 3 is 2.56 bits per heavy atom. The normalized spacial score (nSPS) is 27.9. The van der Waals surface area contributed by atoms with Crippen molar-refractivity contribution in [1.82, 2.24) is 4.31 Å². The number of carboxylic acids is 1. The number of carbonyl (C=O) groups is 1. The van der Waals surface area contributed by atoms with Crippen molar-refractivity contribution in [2.24, 2.45) is 5.41 Å². The van der Waals surface area contributed by atoms with Gasteiger partial charge >= 0.3 is 5.97 Å². The van der Waals surface area contributed by atoms with Crippen LogP contribution in [0.3, 0.4) is 0 Å². The molecule has 0 aromatic carbocycles. The van der Waals surface area contributed by atoms with E-state index in [2.05, 4.69) is 0 Å². The lowest BCUT2D eigenvalue weighted by atomic mass is 9.77. The molecule has 94 valence electrons. The van der Waals surface area contributed by atoms with Gasteiger partial charge in [-0.25, -0.2) is 12.7 Å². The average Bonchev–Trinajstić information content (AvgIpc) is 2.17. The molecule has 0 radical (unpaired) electrons. The number of piperidine rings is 1. The van der Waals surface area contributed by atoms with Crippen molar-refractivity contribution in [3.05, 3.63) is 0 Å². The molecule has 1 saturated heterocycles. The van der Waals surface area contributed by atoms with Gasteiger partial charge in [0.1, 0.15) is 0 Å². The molecule has 0 aromatic rings. The van der Waals surface area contributed by atoms with Crippen LogP contribution in [0.25, 0.3) is 0 Å². The maximum absolute atomic E-state index is 11.4. The molecule has 0 amide bonds. The maximum Gasteiger partial charge on any atom is 0.310 e. The van der Waals surface area contributed by atoms with Crippen LogP contribution < -0.4 is 0 Å². The fourth-order valence-electron chi connectivity index (χ4n) is 2.34. The van der Waals surface area contributed by atoms with E-state index in [1.807, 2.05) is 6.92 Å². The molecule has 1 aliphatic rings. The predicted molar refractivity (Wildman–Crippen MR) is 60.6 cm³/mol. The van der Waals surface area contributed by atoms with Crippen molar-refractivity contribution in [2.45, 2.75) is 32.6 Å². The SMILES string of the molecule is CCCC1(C(=O)O)CCCN(S(C)(=O)=O)C1. The van der Waals surface area contributed by atoms with Gasteiger partial charge in [0.25, 0.3) is 0 Å². The zero-order valence-electron chi connectivity index (χ0n) is 9.77. The summed E-state index contributed by atoms with van der Waals surface area (Å²) in [4.78, 5) is 11.3. The molecule has 1 aliphatic heterocycles. The van der Waals surface area contributed by atoms with Gasteiger partial charge in [-0.2, -0.15) is 0 Å². The second-order valence-corrected chi connectivity index (χ2v) is 6.52. The molecule has 1 fully saturated rings. The molecule has 0 spiro atoms. The van der Waals surface area contributed by atoms with Crippen LogP contribution in [0.4, 0.5) is 0 Å². The van der Waals surface area contributed by atoms with Gasteiger partial charge < -0.3 is 5.11 Å². The molecule has 0 aliphatic carbocycles. The maximum atomic E-state index is 11.4. The van der Waals surface area contributed by atoms with Gasteiger partial charge in [0, 0.05) is 13.1 Å². The summed E-state index contributed by atoms with van der Waals surface area (Å²) >= 11 is 0. The van der Waals surface area contributed by atoms with E-state index in [0.717, 1.165) is 12.7 Å². The summed E-state index contributed by atoms with van der Waals surface area (Å²) in [5, 5.41) is 9.28. The molecule has 0 saturated carbocycles. The van der Waals surface area contributed by atoms with Gasteiger partial charge in [-0.3, -0.25) is 4.79 Å². The molecule has 0 bridgehead atoms. The fraction of sp³-hybridized carbons (Fsp3) is 0.900. The minimum absolute atomic E-state index is 0.120. The molecule has 5 nitrogen and oxygen atoms in total. The first kappa shape index (κ1) is 13.4. The smallest absolute Gasteiger partial charge is 0.310 e. The summed E-state index contributed by atoms with van der Waals surface area (Å²) < 4.78 is 24.2. The van der Waals surface area contributed by atoms with Crippen molar-refractivity contribution >= 4 is 16.0 Å². The monoisotopic (exact) mass is 249 g/mol. The average molecular weight is 249 g/mol. The Morgan fingerprint density at radius 1 is 1.50 bits per heavy atom. The van der Waals surface area contributed by atoms with Crippen LogP contribution in [0.1, 0.15) is 32.6 Å².